The molecular weight excluding hydrogens is 334 g/mol. The fourth-order valence-electron chi connectivity index (χ4n) is 3.27. The van der Waals surface area contributed by atoms with E-state index in [1.807, 2.05) is 26.8 Å². The van der Waals surface area contributed by atoms with Gasteiger partial charge in [0.2, 0.25) is 5.91 Å². The standard InChI is InChI=1S/C18H25N5O3/c1-18(2,3)21-17(25)26-12-5-4-10(6-12)14-8-15(23-22-14)20-16(24)13-7-11(13)9-19/h8,10-13H,4-7H2,1-3H3,(H,21,25)(H2,20,22,23,24)/t10-,11?,12+,13?/m0/s1. The summed E-state index contributed by atoms with van der Waals surface area (Å²) in [5.74, 6) is 0.157. The molecule has 2 aliphatic carbocycles. The van der Waals surface area contributed by atoms with Crippen LogP contribution in [0, 0.1) is 23.2 Å². The van der Waals surface area contributed by atoms with Crippen molar-refractivity contribution < 1.29 is 14.3 Å². The lowest BCUT2D eigenvalue weighted by molar-refractivity contribution is -0.117. The van der Waals surface area contributed by atoms with Crippen LogP contribution in [-0.4, -0.2) is 33.8 Å². The number of carbonyl (C=O) groups excluding carboxylic acids is 2. The van der Waals surface area contributed by atoms with Gasteiger partial charge in [0.1, 0.15) is 6.10 Å². The lowest BCUT2D eigenvalue weighted by atomic mass is 10.0. The lowest BCUT2D eigenvalue weighted by Gasteiger charge is -2.22. The van der Waals surface area contributed by atoms with Gasteiger partial charge in [0.05, 0.1) is 17.9 Å². The van der Waals surface area contributed by atoms with Crippen molar-refractivity contribution in [1.29, 1.82) is 5.26 Å². The van der Waals surface area contributed by atoms with E-state index < -0.39 is 6.09 Å². The highest BCUT2D eigenvalue weighted by molar-refractivity contribution is 5.94. The number of amides is 2. The molecule has 0 bridgehead atoms. The summed E-state index contributed by atoms with van der Waals surface area (Å²) in [7, 11) is 0. The second-order valence-electron chi connectivity index (χ2n) is 8.19. The molecule has 2 aliphatic rings. The molecule has 1 aromatic rings. The zero-order valence-electron chi connectivity index (χ0n) is 15.3. The minimum Gasteiger partial charge on any atom is -0.446 e. The van der Waals surface area contributed by atoms with Gasteiger partial charge in [0.25, 0.3) is 0 Å². The molecule has 0 aliphatic heterocycles. The molecule has 2 fully saturated rings. The van der Waals surface area contributed by atoms with Crippen LogP contribution in [0.3, 0.4) is 0 Å². The third-order valence-corrected chi connectivity index (χ3v) is 4.72. The first-order valence-electron chi connectivity index (χ1n) is 9.00. The Hall–Kier alpha value is -2.56. The minimum atomic E-state index is -0.391. The predicted octanol–water partition coefficient (Wildman–Crippen LogP) is 2.67. The molecule has 140 valence electrons. The van der Waals surface area contributed by atoms with Gasteiger partial charge in [-0.2, -0.15) is 10.4 Å². The molecule has 3 rings (SSSR count). The Balaban J connectivity index is 1.49. The summed E-state index contributed by atoms with van der Waals surface area (Å²) >= 11 is 0. The topological polar surface area (TPSA) is 120 Å². The van der Waals surface area contributed by atoms with Crippen molar-refractivity contribution in [3.8, 4) is 6.07 Å². The summed E-state index contributed by atoms with van der Waals surface area (Å²) in [6, 6.07) is 3.93. The molecular formula is C18H25N5O3. The number of nitrogens with zero attached hydrogens (tertiary/aromatic N) is 2. The molecule has 0 radical (unpaired) electrons. The number of hydrogen-bond donors (Lipinski definition) is 3. The van der Waals surface area contributed by atoms with Crippen molar-refractivity contribution in [3.05, 3.63) is 11.8 Å². The first-order valence-corrected chi connectivity index (χ1v) is 9.00. The molecule has 0 spiro atoms. The number of H-pyrrole nitrogens is 1. The number of anilines is 1. The van der Waals surface area contributed by atoms with Gasteiger partial charge in [-0.3, -0.25) is 9.89 Å². The molecule has 2 amide bonds. The molecule has 2 unspecified atom stereocenters. The van der Waals surface area contributed by atoms with Crippen LogP contribution in [0.4, 0.5) is 10.6 Å². The highest BCUT2D eigenvalue weighted by Gasteiger charge is 2.43. The van der Waals surface area contributed by atoms with Gasteiger partial charge in [-0.05, 0) is 46.5 Å². The van der Waals surface area contributed by atoms with E-state index in [0.717, 1.165) is 25.0 Å². The largest absolute Gasteiger partial charge is 0.446 e. The van der Waals surface area contributed by atoms with Crippen LogP contribution >= 0.6 is 0 Å². The van der Waals surface area contributed by atoms with Crippen LogP contribution in [0.25, 0.3) is 0 Å². The van der Waals surface area contributed by atoms with Crippen LogP contribution in [0.15, 0.2) is 6.07 Å². The van der Waals surface area contributed by atoms with E-state index in [1.165, 1.54) is 0 Å². The van der Waals surface area contributed by atoms with E-state index in [9.17, 15) is 9.59 Å². The van der Waals surface area contributed by atoms with E-state index in [1.54, 1.807) is 0 Å². The van der Waals surface area contributed by atoms with Gasteiger partial charge in [0.15, 0.2) is 5.82 Å². The highest BCUT2D eigenvalue weighted by atomic mass is 16.6. The number of nitrogens with one attached hydrogen (secondary N) is 3. The number of ether oxygens (including phenoxy) is 1. The van der Waals surface area contributed by atoms with Crippen molar-refractivity contribution in [2.75, 3.05) is 5.32 Å². The predicted molar refractivity (Wildman–Crippen MR) is 94.2 cm³/mol. The maximum absolute atomic E-state index is 12.0. The first kappa shape index (κ1) is 18.2. The van der Waals surface area contributed by atoms with Crippen molar-refractivity contribution in [3.63, 3.8) is 0 Å². The molecule has 8 nitrogen and oxygen atoms in total. The SMILES string of the molecule is CC(C)(C)NC(=O)O[C@@H]1CC[C@H](c2cc(NC(=O)C3CC3C#N)n[nH]2)C1. The Morgan fingerprint density at radius 3 is 2.77 bits per heavy atom. The molecule has 2 saturated carbocycles. The Bertz CT molecular complexity index is 730. The third kappa shape index (κ3) is 4.54. The smallest absolute Gasteiger partial charge is 0.407 e. The number of rotatable bonds is 4. The van der Waals surface area contributed by atoms with Crippen molar-refractivity contribution in [2.45, 2.75) is 64.0 Å². The lowest BCUT2D eigenvalue weighted by Crippen LogP contribution is -2.42. The molecule has 8 heteroatoms. The van der Waals surface area contributed by atoms with Crippen LogP contribution in [0.1, 0.15) is 58.1 Å². The molecule has 1 aromatic heterocycles. The monoisotopic (exact) mass is 359 g/mol. The molecule has 3 N–H and O–H groups in total. The number of alkyl carbamates (subject to hydrolysis) is 1. The van der Waals surface area contributed by atoms with E-state index in [-0.39, 0.29) is 35.3 Å². The zero-order chi connectivity index (χ0) is 18.9. The van der Waals surface area contributed by atoms with E-state index in [0.29, 0.717) is 12.2 Å². The van der Waals surface area contributed by atoms with Crippen molar-refractivity contribution in [1.82, 2.24) is 15.5 Å². The van der Waals surface area contributed by atoms with Gasteiger partial charge >= 0.3 is 6.09 Å². The summed E-state index contributed by atoms with van der Waals surface area (Å²) in [6.07, 6.45) is 2.53. The van der Waals surface area contributed by atoms with Crippen molar-refractivity contribution >= 4 is 17.8 Å². The maximum atomic E-state index is 12.0. The summed E-state index contributed by atoms with van der Waals surface area (Å²) < 4.78 is 5.49. The fourth-order valence-corrected chi connectivity index (χ4v) is 3.27. The Morgan fingerprint density at radius 2 is 2.12 bits per heavy atom. The maximum Gasteiger partial charge on any atom is 0.407 e. The summed E-state index contributed by atoms with van der Waals surface area (Å²) in [5, 5.41) is 21.4. The van der Waals surface area contributed by atoms with Gasteiger partial charge < -0.3 is 15.4 Å². The van der Waals surface area contributed by atoms with Crippen LogP contribution in [0.5, 0.6) is 0 Å². The number of nitriles is 1. The number of hydrogen-bond acceptors (Lipinski definition) is 5. The van der Waals surface area contributed by atoms with Gasteiger partial charge in [-0.25, -0.2) is 4.79 Å². The first-order chi connectivity index (χ1) is 12.2. The van der Waals surface area contributed by atoms with Crippen molar-refractivity contribution in [2.24, 2.45) is 11.8 Å². The summed E-state index contributed by atoms with van der Waals surface area (Å²) in [4.78, 5) is 23.9. The highest BCUT2D eigenvalue weighted by Crippen LogP contribution is 2.39. The summed E-state index contributed by atoms with van der Waals surface area (Å²) in [6.45, 7) is 5.73. The van der Waals surface area contributed by atoms with Crippen LogP contribution in [-0.2, 0) is 9.53 Å². The number of aromatic nitrogens is 2. The Morgan fingerprint density at radius 1 is 1.35 bits per heavy atom. The molecule has 0 aromatic carbocycles. The quantitative estimate of drug-likeness (QED) is 0.763. The molecule has 1 heterocycles. The van der Waals surface area contributed by atoms with Gasteiger partial charge in [-0.1, -0.05) is 0 Å². The third-order valence-electron chi connectivity index (χ3n) is 4.72. The summed E-state index contributed by atoms with van der Waals surface area (Å²) in [5.41, 5.74) is 0.604. The second kappa shape index (κ2) is 6.98. The molecule has 26 heavy (non-hydrogen) atoms. The normalized spacial score (nSPS) is 27.5. The fraction of sp³-hybridized carbons (Fsp3) is 0.667. The van der Waals surface area contributed by atoms with Crippen LogP contribution < -0.4 is 10.6 Å². The Labute approximate surface area is 152 Å². The van der Waals surface area contributed by atoms with E-state index in [4.69, 9.17) is 10.00 Å². The van der Waals surface area contributed by atoms with E-state index >= 15 is 0 Å². The molecule has 4 atom stereocenters. The minimum absolute atomic E-state index is 0.119. The number of carbonyl (C=O) groups is 2. The zero-order valence-corrected chi connectivity index (χ0v) is 15.3. The average Bonchev–Trinajstić information content (AvgIpc) is 2.95. The number of aromatic amines is 1. The van der Waals surface area contributed by atoms with Gasteiger partial charge in [0, 0.05) is 23.2 Å². The van der Waals surface area contributed by atoms with Crippen LogP contribution in [0.2, 0.25) is 0 Å². The second-order valence-corrected chi connectivity index (χ2v) is 8.19. The average molecular weight is 359 g/mol. The Kier molecular flexibility index (Phi) is 4.90. The van der Waals surface area contributed by atoms with E-state index in [2.05, 4.69) is 26.9 Å². The van der Waals surface area contributed by atoms with Gasteiger partial charge in [-0.15, -0.1) is 0 Å². The molecule has 0 saturated heterocycles.